The average Bonchev–Trinajstić information content (AvgIpc) is 3.30. The van der Waals surface area contributed by atoms with Crippen molar-refractivity contribution in [2.45, 2.75) is 76.4 Å². The fourth-order valence-electron chi connectivity index (χ4n) is 5.13. The van der Waals surface area contributed by atoms with Crippen molar-refractivity contribution >= 4 is 32.9 Å². The summed E-state index contributed by atoms with van der Waals surface area (Å²) in [5.41, 5.74) is 3.33. The van der Waals surface area contributed by atoms with Crippen molar-refractivity contribution in [1.82, 2.24) is 14.5 Å². The topological polar surface area (TPSA) is 67.2 Å². The molecule has 204 valence electrons. The highest BCUT2D eigenvalue weighted by molar-refractivity contribution is 7.90. The molecule has 4 rings (SSSR count). The van der Waals surface area contributed by atoms with Gasteiger partial charge in [0.05, 0.1) is 24.2 Å². The van der Waals surface area contributed by atoms with E-state index in [-0.39, 0.29) is 22.8 Å². The molecule has 0 saturated heterocycles. The Kier molecular flexibility index (Phi) is 9.20. The average molecular weight is 557 g/mol. The van der Waals surface area contributed by atoms with Crippen molar-refractivity contribution in [2.24, 2.45) is 5.92 Å². The summed E-state index contributed by atoms with van der Waals surface area (Å²) in [6, 6.07) is 13.8. The summed E-state index contributed by atoms with van der Waals surface area (Å²) in [4.78, 5) is 6.55. The van der Waals surface area contributed by atoms with Crippen LogP contribution < -0.4 is 5.32 Å². The molecular formula is C29H37FN4O2S2. The van der Waals surface area contributed by atoms with Crippen LogP contribution in [0.2, 0.25) is 0 Å². The van der Waals surface area contributed by atoms with Crippen molar-refractivity contribution in [2.75, 3.05) is 11.9 Å². The van der Waals surface area contributed by atoms with Gasteiger partial charge in [-0.25, -0.2) is 17.8 Å². The maximum absolute atomic E-state index is 13.7. The Morgan fingerprint density at radius 1 is 1.16 bits per heavy atom. The summed E-state index contributed by atoms with van der Waals surface area (Å²) >= 11 is 5.76. The second kappa shape index (κ2) is 12.4. The first-order valence-electron chi connectivity index (χ1n) is 13.3. The minimum atomic E-state index is -3.67. The fourth-order valence-corrected chi connectivity index (χ4v) is 6.92. The number of aryl methyl sites for hydroxylation is 1. The molecule has 0 amide bonds. The monoisotopic (exact) mass is 556 g/mol. The molecule has 9 heteroatoms. The molecule has 1 N–H and O–H groups in total. The van der Waals surface area contributed by atoms with Crippen LogP contribution in [0.1, 0.15) is 68.8 Å². The number of rotatable bonds is 9. The molecule has 1 aliphatic rings. The van der Waals surface area contributed by atoms with E-state index in [0.717, 1.165) is 48.9 Å². The van der Waals surface area contributed by atoms with E-state index in [1.54, 1.807) is 18.3 Å². The van der Waals surface area contributed by atoms with Gasteiger partial charge in [0.15, 0.2) is 5.11 Å². The zero-order chi connectivity index (χ0) is 27.3. The third-order valence-corrected chi connectivity index (χ3v) is 8.75. The lowest BCUT2D eigenvalue weighted by molar-refractivity contribution is 0.305. The summed E-state index contributed by atoms with van der Waals surface area (Å²) in [5, 5.41) is 3.86. The summed E-state index contributed by atoms with van der Waals surface area (Å²) in [7, 11) is -3.67. The number of nitrogens with zero attached hydrogens (tertiary/aromatic N) is 3. The summed E-state index contributed by atoms with van der Waals surface area (Å²) in [6.07, 6.45) is 6.86. The lowest BCUT2D eigenvalue weighted by atomic mass is 9.95. The van der Waals surface area contributed by atoms with Gasteiger partial charge in [-0.1, -0.05) is 62.9 Å². The van der Waals surface area contributed by atoms with Gasteiger partial charge < -0.3 is 14.8 Å². The molecule has 2 aromatic carbocycles. The second-order valence-electron chi connectivity index (χ2n) is 10.7. The van der Waals surface area contributed by atoms with Gasteiger partial charge in [0.25, 0.3) is 0 Å². The molecule has 1 aliphatic carbocycles. The van der Waals surface area contributed by atoms with E-state index in [0.29, 0.717) is 29.8 Å². The van der Waals surface area contributed by atoms with E-state index in [1.165, 1.54) is 12.1 Å². The Morgan fingerprint density at radius 2 is 1.87 bits per heavy atom. The first-order valence-corrected chi connectivity index (χ1v) is 15.3. The van der Waals surface area contributed by atoms with Crippen molar-refractivity contribution in [1.29, 1.82) is 0 Å². The molecular weight excluding hydrogens is 519 g/mol. The third-order valence-electron chi connectivity index (χ3n) is 6.82. The molecule has 1 saturated carbocycles. The normalized spacial score (nSPS) is 14.6. The van der Waals surface area contributed by atoms with E-state index >= 15 is 0 Å². The maximum Gasteiger partial charge on any atom is 0.228 e. The summed E-state index contributed by atoms with van der Waals surface area (Å²) in [6.45, 7) is 7.29. The largest absolute Gasteiger partial charge is 0.343 e. The number of hydrogen-bond acceptors (Lipinski definition) is 4. The molecule has 1 heterocycles. The number of benzene rings is 2. The predicted molar refractivity (Wildman–Crippen MR) is 154 cm³/mol. The van der Waals surface area contributed by atoms with Crippen LogP contribution >= 0.6 is 12.2 Å². The van der Waals surface area contributed by atoms with Gasteiger partial charge in [-0.05, 0) is 67.7 Å². The molecule has 1 aromatic heterocycles. The van der Waals surface area contributed by atoms with E-state index in [1.807, 2.05) is 40.7 Å². The Balaban J connectivity index is 1.66. The molecule has 0 unspecified atom stereocenters. The van der Waals surface area contributed by atoms with Crippen molar-refractivity contribution < 1.29 is 12.8 Å². The van der Waals surface area contributed by atoms with E-state index < -0.39 is 9.84 Å². The van der Waals surface area contributed by atoms with E-state index in [9.17, 15) is 12.8 Å². The van der Waals surface area contributed by atoms with Crippen molar-refractivity contribution in [3.63, 3.8) is 0 Å². The van der Waals surface area contributed by atoms with Crippen LogP contribution in [-0.2, 0) is 22.1 Å². The number of anilines is 1. The molecule has 1 fully saturated rings. The molecule has 6 nitrogen and oxygen atoms in total. The Hall–Kier alpha value is -2.78. The lowest BCUT2D eigenvalue weighted by Gasteiger charge is -2.31. The Morgan fingerprint density at radius 3 is 2.53 bits per heavy atom. The predicted octanol–water partition coefficient (Wildman–Crippen LogP) is 6.66. The van der Waals surface area contributed by atoms with Gasteiger partial charge in [0.1, 0.15) is 5.82 Å². The third kappa shape index (κ3) is 7.20. The van der Waals surface area contributed by atoms with Gasteiger partial charge in [-0.2, -0.15) is 0 Å². The molecule has 0 aliphatic heterocycles. The maximum atomic E-state index is 13.7. The fraction of sp³-hybridized carbons (Fsp3) is 0.448. The minimum absolute atomic E-state index is 0.0852. The lowest BCUT2D eigenvalue weighted by Crippen LogP contribution is -2.38. The number of aromatic nitrogens is 2. The minimum Gasteiger partial charge on any atom is -0.343 e. The molecule has 3 aromatic rings. The standard InChI is InChI=1S/C29H37FN4O2S2/c1-21(2)18-33(28(37)32-25-14-12-24(30)13-15-25)19-27-17-31-29(34(27)26-10-5-4-6-11-26)38(35,36)20-23-9-7-8-22(3)16-23/h7-9,12-17,21,26H,4-6,10-11,18-20H2,1-3H3,(H,32,37). The Labute approximate surface area is 231 Å². The molecule has 0 radical (unpaired) electrons. The van der Waals surface area contributed by atoms with Gasteiger partial charge in [-0.3, -0.25) is 0 Å². The van der Waals surface area contributed by atoms with Gasteiger partial charge in [0.2, 0.25) is 15.0 Å². The number of hydrogen-bond donors (Lipinski definition) is 1. The van der Waals surface area contributed by atoms with Crippen LogP contribution in [0.5, 0.6) is 0 Å². The van der Waals surface area contributed by atoms with Gasteiger partial charge in [0, 0.05) is 18.3 Å². The smallest absolute Gasteiger partial charge is 0.228 e. The van der Waals surface area contributed by atoms with Crippen molar-refractivity contribution in [3.8, 4) is 0 Å². The van der Waals surface area contributed by atoms with Crippen LogP contribution in [-0.4, -0.2) is 34.5 Å². The van der Waals surface area contributed by atoms with E-state index in [4.69, 9.17) is 12.2 Å². The summed E-state index contributed by atoms with van der Waals surface area (Å²) < 4.78 is 42.7. The highest BCUT2D eigenvalue weighted by Crippen LogP contribution is 2.33. The number of sulfone groups is 1. The number of imidazole rings is 1. The number of halogens is 1. The zero-order valence-electron chi connectivity index (χ0n) is 22.4. The van der Waals surface area contributed by atoms with Crippen LogP contribution in [0.25, 0.3) is 0 Å². The highest BCUT2D eigenvalue weighted by Gasteiger charge is 2.30. The number of thiocarbonyl (C=S) groups is 1. The van der Waals surface area contributed by atoms with Crippen LogP contribution in [0.3, 0.4) is 0 Å². The molecule has 0 spiro atoms. The Bertz CT molecular complexity index is 1350. The first kappa shape index (κ1) is 28.2. The highest BCUT2D eigenvalue weighted by atomic mass is 32.2. The first-order chi connectivity index (χ1) is 18.1. The molecule has 0 atom stereocenters. The van der Waals surface area contributed by atoms with Crippen LogP contribution in [0, 0.1) is 18.7 Å². The van der Waals surface area contributed by atoms with Gasteiger partial charge in [-0.15, -0.1) is 0 Å². The summed E-state index contributed by atoms with van der Waals surface area (Å²) in [5.74, 6) is -0.0761. The number of nitrogens with one attached hydrogen (secondary N) is 1. The molecule has 0 bridgehead atoms. The molecule has 38 heavy (non-hydrogen) atoms. The van der Waals surface area contributed by atoms with E-state index in [2.05, 4.69) is 24.1 Å². The quantitative estimate of drug-likeness (QED) is 0.297. The van der Waals surface area contributed by atoms with Crippen LogP contribution in [0.15, 0.2) is 59.9 Å². The van der Waals surface area contributed by atoms with Crippen LogP contribution in [0.4, 0.5) is 10.1 Å². The van der Waals surface area contributed by atoms with Gasteiger partial charge >= 0.3 is 0 Å². The SMILES string of the molecule is Cc1cccc(CS(=O)(=O)c2ncc(CN(CC(C)C)C(=S)Nc3ccc(F)cc3)n2C2CCCCC2)c1. The second-order valence-corrected chi connectivity index (χ2v) is 12.9. The van der Waals surface area contributed by atoms with Crippen molar-refractivity contribution in [3.05, 3.63) is 77.4 Å². The zero-order valence-corrected chi connectivity index (χ0v) is 24.0.